The number of rotatable bonds is 4. The van der Waals surface area contributed by atoms with Crippen LogP contribution < -0.4 is 0 Å². The van der Waals surface area contributed by atoms with Gasteiger partial charge in [0.15, 0.2) is 0 Å². The molecule has 2 heteroatoms. The van der Waals surface area contributed by atoms with Gasteiger partial charge in [-0.15, -0.1) is 0 Å². The predicted molar refractivity (Wildman–Crippen MR) is 132 cm³/mol. The van der Waals surface area contributed by atoms with Crippen molar-refractivity contribution in [2.45, 2.75) is 6.42 Å². The van der Waals surface area contributed by atoms with Crippen LogP contribution in [0.1, 0.15) is 11.1 Å². The van der Waals surface area contributed by atoms with E-state index >= 15 is 0 Å². The van der Waals surface area contributed by atoms with E-state index in [1.54, 1.807) is 0 Å². The van der Waals surface area contributed by atoms with Crippen LogP contribution in [0, 0.1) is 0 Å². The Labute approximate surface area is 186 Å². The Morgan fingerprint density at radius 3 is 2.25 bits per heavy atom. The lowest BCUT2D eigenvalue weighted by molar-refractivity contribution is 0.670. The van der Waals surface area contributed by atoms with E-state index in [2.05, 4.69) is 102 Å². The highest BCUT2D eigenvalue weighted by Gasteiger charge is 2.14. The number of aromatic nitrogens is 1. The fraction of sp³-hybridized carbons (Fsp3) is 0.0333. The molecular weight excluding hydrogens is 390 g/mol. The summed E-state index contributed by atoms with van der Waals surface area (Å²) in [4.78, 5) is 4.68. The Morgan fingerprint density at radius 1 is 0.594 bits per heavy atom. The smallest absolute Gasteiger partial charge is 0.144 e. The summed E-state index contributed by atoms with van der Waals surface area (Å²) in [6, 6.07) is 37.9. The summed E-state index contributed by atoms with van der Waals surface area (Å²) in [5.41, 5.74) is 8.61. The van der Waals surface area contributed by atoms with Crippen LogP contribution >= 0.6 is 0 Å². The number of fused-ring (bicyclic) bond motifs is 3. The van der Waals surface area contributed by atoms with E-state index in [0.717, 1.165) is 45.2 Å². The van der Waals surface area contributed by atoms with Gasteiger partial charge in [0.1, 0.15) is 11.2 Å². The van der Waals surface area contributed by atoms with Gasteiger partial charge in [0, 0.05) is 22.5 Å². The minimum Gasteiger partial charge on any atom is -0.455 e. The summed E-state index contributed by atoms with van der Waals surface area (Å²) in [5, 5.41) is 2.24. The first-order chi connectivity index (χ1) is 15.8. The molecule has 0 bridgehead atoms. The van der Waals surface area contributed by atoms with E-state index in [4.69, 9.17) is 4.42 Å². The highest BCUT2D eigenvalue weighted by atomic mass is 16.3. The normalized spacial score (nSPS) is 11.2. The maximum absolute atomic E-state index is 6.42. The third-order valence-electron chi connectivity index (χ3n) is 5.96. The number of pyridine rings is 1. The van der Waals surface area contributed by atoms with Crippen LogP contribution in [0.25, 0.3) is 44.3 Å². The Balaban J connectivity index is 1.45. The Bertz CT molecular complexity index is 1530. The van der Waals surface area contributed by atoms with Gasteiger partial charge in [-0.05, 0) is 59.0 Å². The number of furan rings is 1. The molecule has 6 rings (SSSR count). The number of nitrogens with zero attached hydrogens (tertiary/aromatic N) is 1. The van der Waals surface area contributed by atoms with Gasteiger partial charge in [-0.2, -0.15) is 0 Å². The zero-order chi connectivity index (χ0) is 21.3. The monoisotopic (exact) mass is 411 g/mol. The molecule has 0 atom stereocenters. The van der Waals surface area contributed by atoms with E-state index in [-0.39, 0.29) is 0 Å². The second-order valence-electron chi connectivity index (χ2n) is 8.07. The van der Waals surface area contributed by atoms with Crippen molar-refractivity contribution in [1.29, 1.82) is 0 Å². The van der Waals surface area contributed by atoms with Crippen LogP contribution in [0.15, 0.2) is 120 Å². The summed E-state index contributed by atoms with van der Waals surface area (Å²) in [5.74, 6) is 0. The fourth-order valence-electron chi connectivity index (χ4n) is 4.37. The minimum absolute atomic E-state index is 0.882. The van der Waals surface area contributed by atoms with E-state index in [1.165, 1.54) is 16.7 Å². The Morgan fingerprint density at radius 2 is 1.41 bits per heavy atom. The number of hydrogen-bond donors (Lipinski definition) is 0. The number of para-hydroxylation sites is 1. The first-order valence-corrected chi connectivity index (χ1v) is 10.8. The van der Waals surface area contributed by atoms with Crippen molar-refractivity contribution >= 4 is 21.9 Å². The van der Waals surface area contributed by atoms with Crippen LogP contribution in [0.3, 0.4) is 0 Å². The lowest BCUT2D eigenvalue weighted by atomic mass is 10.0. The third kappa shape index (κ3) is 3.36. The molecule has 4 aromatic carbocycles. The lowest BCUT2D eigenvalue weighted by Crippen LogP contribution is -1.91. The molecule has 2 aromatic heterocycles. The van der Waals surface area contributed by atoms with Gasteiger partial charge in [-0.1, -0.05) is 78.9 Å². The van der Waals surface area contributed by atoms with Crippen molar-refractivity contribution in [3.8, 4) is 22.4 Å². The van der Waals surface area contributed by atoms with Gasteiger partial charge in [-0.3, -0.25) is 4.98 Å². The van der Waals surface area contributed by atoms with Crippen molar-refractivity contribution < 1.29 is 4.42 Å². The van der Waals surface area contributed by atoms with E-state index in [9.17, 15) is 0 Å². The Kier molecular flexibility index (Phi) is 4.54. The highest BCUT2D eigenvalue weighted by Crippen LogP contribution is 2.37. The van der Waals surface area contributed by atoms with Gasteiger partial charge in [-0.25, -0.2) is 0 Å². The molecule has 152 valence electrons. The zero-order valence-electron chi connectivity index (χ0n) is 17.5. The van der Waals surface area contributed by atoms with Crippen LogP contribution in [-0.2, 0) is 6.42 Å². The van der Waals surface area contributed by atoms with Gasteiger partial charge in [0.2, 0.25) is 0 Å². The van der Waals surface area contributed by atoms with E-state index in [1.807, 2.05) is 18.3 Å². The van der Waals surface area contributed by atoms with E-state index in [0.29, 0.717) is 0 Å². The van der Waals surface area contributed by atoms with Gasteiger partial charge < -0.3 is 4.42 Å². The molecule has 0 spiro atoms. The maximum Gasteiger partial charge on any atom is 0.144 e. The second-order valence-corrected chi connectivity index (χ2v) is 8.07. The standard InChI is InChI=1S/C30H21NO/c1-3-8-21(9-4-1)18-22-16-17-31-28(19-22)27-13-7-12-26-25-15-14-24(20-29(25)32-30(26)27)23-10-5-2-6-11-23/h1-17,19-20H,18H2. The first kappa shape index (κ1) is 18.6. The summed E-state index contributed by atoms with van der Waals surface area (Å²) in [6.07, 6.45) is 2.77. The predicted octanol–water partition coefficient (Wildman–Crippen LogP) is 7.91. The number of benzene rings is 4. The van der Waals surface area contributed by atoms with Crippen LogP contribution in [0.2, 0.25) is 0 Å². The molecule has 0 saturated heterocycles. The molecule has 32 heavy (non-hydrogen) atoms. The summed E-state index contributed by atoms with van der Waals surface area (Å²) < 4.78 is 6.42. The SMILES string of the molecule is c1ccc(Cc2ccnc(-c3cccc4c3oc3cc(-c5ccccc5)ccc34)c2)cc1. The summed E-state index contributed by atoms with van der Waals surface area (Å²) >= 11 is 0. The van der Waals surface area contributed by atoms with Crippen molar-refractivity contribution in [1.82, 2.24) is 4.98 Å². The van der Waals surface area contributed by atoms with Crippen LogP contribution in [0.5, 0.6) is 0 Å². The zero-order valence-corrected chi connectivity index (χ0v) is 17.5. The third-order valence-corrected chi connectivity index (χ3v) is 5.96. The molecule has 0 N–H and O–H groups in total. The van der Waals surface area contributed by atoms with Crippen molar-refractivity contribution in [2.75, 3.05) is 0 Å². The fourth-order valence-corrected chi connectivity index (χ4v) is 4.37. The molecule has 0 fully saturated rings. The van der Waals surface area contributed by atoms with Gasteiger partial charge in [0.25, 0.3) is 0 Å². The summed E-state index contributed by atoms with van der Waals surface area (Å²) in [6.45, 7) is 0. The molecule has 6 aromatic rings. The topological polar surface area (TPSA) is 26.0 Å². The molecule has 2 nitrogen and oxygen atoms in total. The van der Waals surface area contributed by atoms with Crippen molar-refractivity contribution in [3.05, 3.63) is 127 Å². The largest absolute Gasteiger partial charge is 0.455 e. The quantitative estimate of drug-likeness (QED) is 0.295. The van der Waals surface area contributed by atoms with E-state index < -0.39 is 0 Å². The highest BCUT2D eigenvalue weighted by molar-refractivity contribution is 6.10. The second kappa shape index (κ2) is 7.82. The minimum atomic E-state index is 0.882. The molecule has 0 unspecified atom stereocenters. The maximum atomic E-state index is 6.42. The van der Waals surface area contributed by atoms with Crippen LogP contribution in [0.4, 0.5) is 0 Å². The molecule has 2 heterocycles. The van der Waals surface area contributed by atoms with Gasteiger partial charge >= 0.3 is 0 Å². The molecule has 0 aliphatic carbocycles. The lowest BCUT2D eigenvalue weighted by Gasteiger charge is -2.06. The van der Waals surface area contributed by atoms with Crippen molar-refractivity contribution in [2.24, 2.45) is 0 Å². The van der Waals surface area contributed by atoms with Crippen molar-refractivity contribution in [3.63, 3.8) is 0 Å². The molecule has 0 amide bonds. The Hall–Kier alpha value is -4.17. The van der Waals surface area contributed by atoms with Gasteiger partial charge in [0.05, 0.1) is 5.69 Å². The average Bonchev–Trinajstić information content (AvgIpc) is 3.23. The van der Waals surface area contributed by atoms with Crippen LogP contribution in [-0.4, -0.2) is 4.98 Å². The first-order valence-electron chi connectivity index (χ1n) is 10.8. The number of hydrogen-bond acceptors (Lipinski definition) is 2. The molecule has 0 radical (unpaired) electrons. The average molecular weight is 412 g/mol. The summed E-state index contributed by atoms with van der Waals surface area (Å²) in [7, 11) is 0. The molecular formula is C30H21NO. The molecule has 0 saturated carbocycles. The molecule has 0 aliphatic heterocycles. The molecule has 0 aliphatic rings.